The lowest BCUT2D eigenvalue weighted by Crippen LogP contribution is -2.36. The molecule has 1 N–H and O–H groups in total. The van der Waals surface area contributed by atoms with Gasteiger partial charge in [-0.3, -0.25) is 9.48 Å². The van der Waals surface area contributed by atoms with Crippen LogP contribution in [0.2, 0.25) is 0 Å². The number of ether oxygens (including phenoxy) is 1. The van der Waals surface area contributed by atoms with Gasteiger partial charge in [0.15, 0.2) is 16.7 Å². The van der Waals surface area contributed by atoms with Gasteiger partial charge in [0.25, 0.3) is 5.91 Å². The van der Waals surface area contributed by atoms with Gasteiger partial charge in [-0.15, -0.1) is 0 Å². The van der Waals surface area contributed by atoms with Gasteiger partial charge in [0.1, 0.15) is 0 Å². The molecular weight excluding hydrogens is 392 g/mol. The summed E-state index contributed by atoms with van der Waals surface area (Å²) >= 11 is 3.33. The first-order chi connectivity index (χ1) is 12.1. The summed E-state index contributed by atoms with van der Waals surface area (Å²) in [5.74, 6) is -0.337. The Morgan fingerprint density at radius 1 is 1.24 bits per heavy atom. The molecule has 0 unspecified atom stereocenters. The number of aromatic nitrogens is 4. The highest BCUT2D eigenvalue weighted by molar-refractivity contribution is 9.10. The van der Waals surface area contributed by atoms with E-state index >= 15 is 0 Å². The fraction of sp³-hybridized carbons (Fsp3) is 0.333. The van der Waals surface area contributed by atoms with Crippen molar-refractivity contribution in [3.63, 3.8) is 0 Å². The van der Waals surface area contributed by atoms with E-state index in [-0.39, 0.29) is 5.91 Å². The van der Waals surface area contributed by atoms with E-state index in [1.807, 2.05) is 6.07 Å². The second-order valence-corrected chi connectivity index (χ2v) is 6.50. The number of amides is 1. The van der Waals surface area contributed by atoms with Gasteiger partial charge in [-0.1, -0.05) is 0 Å². The molecule has 0 spiro atoms. The maximum Gasteiger partial charge on any atom is 0.277 e. The molecule has 0 atom stereocenters. The van der Waals surface area contributed by atoms with Gasteiger partial charge in [-0.2, -0.15) is 5.10 Å². The average Bonchev–Trinajstić information content (AvgIpc) is 3.22. The second-order valence-electron chi connectivity index (χ2n) is 5.65. The van der Waals surface area contributed by atoms with Gasteiger partial charge < -0.3 is 15.0 Å². The van der Waals surface area contributed by atoms with Gasteiger partial charge in [0, 0.05) is 26.3 Å². The van der Waals surface area contributed by atoms with Crippen molar-refractivity contribution in [2.75, 3.05) is 36.5 Å². The molecule has 1 aromatic carbocycles. The maximum atomic E-state index is 12.5. The standard InChI is InChI=1S/C15H15BrN6O3/c1-21-8-9(16)12(18-21)15(23)17-10-2-3-11(14-13(10)19-25-20-14)22-4-6-24-7-5-22/h2-3,8H,4-7H2,1H3,(H,17,23). The number of nitrogens with zero attached hydrogens (tertiary/aromatic N) is 5. The van der Waals surface area contributed by atoms with Crippen LogP contribution in [-0.2, 0) is 11.8 Å². The van der Waals surface area contributed by atoms with Crippen LogP contribution in [0.25, 0.3) is 11.0 Å². The minimum atomic E-state index is -0.337. The number of nitrogens with one attached hydrogen (secondary N) is 1. The van der Waals surface area contributed by atoms with Gasteiger partial charge in [-0.05, 0) is 38.4 Å². The molecule has 3 heterocycles. The van der Waals surface area contributed by atoms with Crippen molar-refractivity contribution < 1.29 is 14.2 Å². The van der Waals surface area contributed by atoms with Gasteiger partial charge >= 0.3 is 0 Å². The third-order valence-electron chi connectivity index (χ3n) is 3.99. The number of rotatable bonds is 3. The van der Waals surface area contributed by atoms with Crippen LogP contribution in [0.15, 0.2) is 27.4 Å². The van der Waals surface area contributed by atoms with Crippen molar-refractivity contribution in [3.05, 3.63) is 28.5 Å². The first-order valence-corrected chi connectivity index (χ1v) is 8.51. The number of hydrogen-bond acceptors (Lipinski definition) is 7. The highest BCUT2D eigenvalue weighted by Gasteiger charge is 2.21. The molecule has 4 rings (SSSR count). The molecule has 3 aromatic rings. The number of benzene rings is 1. The van der Waals surface area contributed by atoms with Crippen LogP contribution >= 0.6 is 15.9 Å². The summed E-state index contributed by atoms with van der Waals surface area (Å²) in [7, 11) is 1.75. The van der Waals surface area contributed by atoms with E-state index in [1.54, 1.807) is 24.0 Å². The second kappa shape index (κ2) is 6.45. The molecule has 0 bridgehead atoms. The van der Waals surface area contributed by atoms with Gasteiger partial charge in [0.05, 0.1) is 29.1 Å². The van der Waals surface area contributed by atoms with E-state index < -0.39 is 0 Å². The predicted molar refractivity (Wildman–Crippen MR) is 93.7 cm³/mol. The van der Waals surface area contributed by atoms with Crippen LogP contribution in [0.4, 0.5) is 11.4 Å². The number of carbonyl (C=O) groups is 1. The molecule has 1 saturated heterocycles. The molecule has 1 aliphatic heterocycles. The summed E-state index contributed by atoms with van der Waals surface area (Å²) in [5.41, 5.74) is 2.85. The Kier molecular flexibility index (Phi) is 4.14. The van der Waals surface area contributed by atoms with Crippen molar-refractivity contribution in [3.8, 4) is 0 Å². The molecule has 9 nitrogen and oxygen atoms in total. The molecule has 10 heteroatoms. The van der Waals surface area contributed by atoms with Gasteiger partial charge in [0.2, 0.25) is 0 Å². The molecule has 25 heavy (non-hydrogen) atoms. The molecular formula is C15H15BrN6O3. The van der Waals surface area contributed by atoms with E-state index in [1.165, 1.54) is 0 Å². The summed E-state index contributed by atoms with van der Waals surface area (Å²) < 4.78 is 12.5. The van der Waals surface area contributed by atoms with Crippen LogP contribution < -0.4 is 10.2 Å². The SMILES string of the molecule is Cn1cc(Br)c(C(=O)Nc2ccc(N3CCOCC3)c3nonc23)n1. The fourth-order valence-corrected chi connectivity index (χ4v) is 3.36. The minimum Gasteiger partial charge on any atom is -0.378 e. The summed E-state index contributed by atoms with van der Waals surface area (Å²) in [5, 5.41) is 14.9. The number of anilines is 2. The molecule has 0 aliphatic carbocycles. The van der Waals surface area contributed by atoms with E-state index in [9.17, 15) is 4.79 Å². The van der Waals surface area contributed by atoms with Crippen LogP contribution in [0.3, 0.4) is 0 Å². The van der Waals surface area contributed by atoms with E-state index in [2.05, 4.69) is 41.6 Å². The Labute approximate surface area is 151 Å². The molecule has 1 aliphatic rings. The zero-order chi connectivity index (χ0) is 17.4. The summed E-state index contributed by atoms with van der Waals surface area (Å²) in [6.07, 6.45) is 1.71. The minimum absolute atomic E-state index is 0.296. The third-order valence-corrected chi connectivity index (χ3v) is 4.57. The Hall–Kier alpha value is -2.46. The quantitative estimate of drug-likeness (QED) is 0.707. The number of halogens is 1. The molecule has 1 amide bonds. The van der Waals surface area contributed by atoms with Crippen molar-refractivity contribution in [1.82, 2.24) is 20.1 Å². The normalized spacial score (nSPS) is 14.9. The smallest absolute Gasteiger partial charge is 0.277 e. The van der Waals surface area contributed by atoms with Crippen molar-refractivity contribution in [1.29, 1.82) is 0 Å². The van der Waals surface area contributed by atoms with E-state index in [4.69, 9.17) is 9.37 Å². The first kappa shape index (κ1) is 16.0. The lowest BCUT2D eigenvalue weighted by Gasteiger charge is -2.28. The van der Waals surface area contributed by atoms with Crippen molar-refractivity contribution in [2.24, 2.45) is 7.05 Å². The first-order valence-electron chi connectivity index (χ1n) is 7.72. The Morgan fingerprint density at radius 3 is 2.72 bits per heavy atom. The number of morpholine rings is 1. The number of carbonyl (C=O) groups excluding carboxylic acids is 1. The zero-order valence-corrected chi connectivity index (χ0v) is 15.0. The number of aryl methyl sites for hydroxylation is 1. The van der Waals surface area contributed by atoms with E-state index in [0.29, 0.717) is 40.1 Å². The van der Waals surface area contributed by atoms with Crippen LogP contribution in [0.1, 0.15) is 10.5 Å². The Bertz CT molecular complexity index is 931. The monoisotopic (exact) mass is 406 g/mol. The molecule has 1 fully saturated rings. The lowest BCUT2D eigenvalue weighted by molar-refractivity contribution is 0.102. The summed E-state index contributed by atoms with van der Waals surface area (Å²) in [6.45, 7) is 2.88. The Balaban J connectivity index is 1.66. The largest absolute Gasteiger partial charge is 0.378 e. The van der Waals surface area contributed by atoms with E-state index in [0.717, 1.165) is 18.8 Å². The number of fused-ring (bicyclic) bond motifs is 1. The summed E-state index contributed by atoms with van der Waals surface area (Å²) in [4.78, 5) is 14.6. The average molecular weight is 407 g/mol. The predicted octanol–water partition coefficient (Wildman–Crippen LogP) is 1.81. The van der Waals surface area contributed by atoms with Crippen molar-refractivity contribution in [2.45, 2.75) is 0 Å². The van der Waals surface area contributed by atoms with Crippen LogP contribution in [0.5, 0.6) is 0 Å². The summed E-state index contributed by atoms with van der Waals surface area (Å²) in [6, 6.07) is 3.70. The highest BCUT2D eigenvalue weighted by atomic mass is 79.9. The third kappa shape index (κ3) is 2.98. The maximum absolute atomic E-state index is 12.5. The zero-order valence-electron chi connectivity index (χ0n) is 13.4. The molecule has 2 aromatic heterocycles. The van der Waals surface area contributed by atoms with Crippen LogP contribution in [-0.4, -0.2) is 52.3 Å². The van der Waals surface area contributed by atoms with Crippen molar-refractivity contribution >= 4 is 44.2 Å². The van der Waals surface area contributed by atoms with Gasteiger partial charge in [-0.25, -0.2) is 4.63 Å². The lowest BCUT2D eigenvalue weighted by atomic mass is 10.2. The Morgan fingerprint density at radius 2 is 2.00 bits per heavy atom. The highest BCUT2D eigenvalue weighted by Crippen LogP contribution is 2.31. The topological polar surface area (TPSA) is 98.3 Å². The molecule has 0 radical (unpaired) electrons. The molecule has 130 valence electrons. The van der Waals surface area contributed by atoms with Crippen LogP contribution in [0, 0.1) is 0 Å². The number of hydrogen-bond donors (Lipinski definition) is 1. The fourth-order valence-electron chi connectivity index (χ4n) is 2.81. The molecule has 0 saturated carbocycles.